The minimum atomic E-state index is -0.128. The number of benzene rings is 1. The van der Waals surface area contributed by atoms with E-state index in [0.29, 0.717) is 47.2 Å². The molecule has 0 saturated carbocycles. The molecule has 1 aliphatic rings. The molecule has 0 aliphatic carbocycles. The molecule has 2 heterocycles. The summed E-state index contributed by atoms with van der Waals surface area (Å²) >= 11 is 1.32. The van der Waals surface area contributed by atoms with Crippen molar-refractivity contribution in [1.29, 1.82) is 0 Å². The molecule has 2 N–H and O–H groups in total. The van der Waals surface area contributed by atoms with Crippen LogP contribution in [0.4, 0.5) is 0 Å². The average Bonchev–Trinajstić information content (AvgIpc) is 3.19. The van der Waals surface area contributed by atoms with Crippen LogP contribution in [0.25, 0.3) is 0 Å². The molecule has 1 aromatic carbocycles. The summed E-state index contributed by atoms with van der Waals surface area (Å²) in [6, 6.07) is 10.0. The summed E-state index contributed by atoms with van der Waals surface area (Å²) in [5, 5.41) is 5.45. The molecule has 0 saturated heterocycles. The number of allylic oxidation sites excluding steroid dienone is 1. The summed E-state index contributed by atoms with van der Waals surface area (Å²) in [4.78, 5) is 26.4. The molecule has 172 valence electrons. The first-order valence-corrected chi connectivity index (χ1v) is 11.3. The van der Waals surface area contributed by atoms with Crippen LogP contribution in [0.3, 0.4) is 0 Å². The van der Waals surface area contributed by atoms with Crippen LogP contribution in [-0.4, -0.2) is 55.3 Å². The molecule has 0 bridgehead atoms. The summed E-state index contributed by atoms with van der Waals surface area (Å²) in [5.41, 5.74) is 4.98. The van der Waals surface area contributed by atoms with Gasteiger partial charge in [0.05, 0.1) is 12.3 Å². The van der Waals surface area contributed by atoms with E-state index in [1.54, 1.807) is 18.3 Å². The number of thiazole rings is 1. The number of ether oxygens (including phenoxy) is 1. The number of hydrogen-bond donors (Lipinski definition) is 2. The van der Waals surface area contributed by atoms with Crippen molar-refractivity contribution < 1.29 is 11.0 Å². The van der Waals surface area contributed by atoms with E-state index >= 15 is 0 Å². The van der Waals surface area contributed by atoms with Crippen molar-refractivity contribution in [3.63, 3.8) is 0 Å². The Labute approximate surface area is 194 Å². The van der Waals surface area contributed by atoms with Gasteiger partial charge in [-0.05, 0) is 18.4 Å². The molecule has 0 radical (unpaired) electrons. The number of amides is 1. The van der Waals surface area contributed by atoms with Gasteiger partial charge in [-0.1, -0.05) is 43.3 Å². The van der Waals surface area contributed by atoms with Crippen LogP contribution in [0.5, 0.6) is 0 Å². The predicted molar refractivity (Wildman–Crippen MR) is 131 cm³/mol. The highest BCUT2D eigenvalue weighted by atomic mass is 32.1. The number of nitrogens with zero attached hydrogens (tertiary/aromatic N) is 4. The second-order valence-corrected chi connectivity index (χ2v) is 8.65. The van der Waals surface area contributed by atoms with Crippen LogP contribution in [0.2, 0.25) is 0 Å². The molecule has 1 aliphatic heterocycles. The van der Waals surface area contributed by atoms with E-state index in [4.69, 9.17) is 4.74 Å². The maximum Gasteiger partial charge on any atom is 0.263 e. The van der Waals surface area contributed by atoms with Crippen LogP contribution < -0.4 is 10.7 Å². The van der Waals surface area contributed by atoms with Gasteiger partial charge in [0, 0.05) is 40.4 Å². The third-order valence-corrected chi connectivity index (χ3v) is 6.21. The van der Waals surface area contributed by atoms with Crippen molar-refractivity contribution in [2.24, 2.45) is 21.8 Å². The SMILES string of the molecule is CN=C(NN(C)COCc1ccccc1)c1nc(C)c(C(=O)NCC2C=NC=CC2C)s1.[HH]. The number of hydrazine groups is 1. The number of nitrogens with one attached hydrogen (secondary N) is 2. The topological polar surface area (TPSA) is 91.2 Å². The van der Waals surface area contributed by atoms with Gasteiger partial charge in [-0.2, -0.15) is 5.01 Å². The van der Waals surface area contributed by atoms with Gasteiger partial charge in [-0.25, -0.2) is 4.98 Å². The van der Waals surface area contributed by atoms with Crippen molar-refractivity contribution in [2.45, 2.75) is 20.5 Å². The zero-order valence-electron chi connectivity index (χ0n) is 18.9. The number of carbonyl (C=O) groups is 1. The van der Waals surface area contributed by atoms with Gasteiger partial charge in [0.1, 0.15) is 11.6 Å². The van der Waals surface area contributed by atoms with E-state index in [-0.39, 0.29) is 13.3 Å². The number of hydrogen-bond acceptors (Lipinski definition) is 7. The van der Waals surface area contributed by atoms with E-state index < -0.39 is 0 Å². The van der Waals surface area contributed by atoms with Gasteiger partial charge in [0.15, 0.2) is 10.8 Å². The lowest BCUT2D eigenvalue weighted by Crippen LogP contribution is -2.41. The summed E-state index contributed by atoms with van der Waals surface area (Å²) in [5.74, 6) is 0.988. The summed E-state index contributed by atoms with van der Waals surface area (Å²) in [6.45, 7) is 5.37. The Morgan fingerprint density at radius 3 is 2.84 bits per heavy atom. The second kappa shape index (κ2) is 11.7. The van der Waals surface area contributed by atoms with Gasteiger partial charge in [-0.15, -0.1) is 11.3 Å². The van der Waals surface area contributed by atoms with Crippen molar-refractivity contribution in [2.75, 3.05) is 27.4 Å². The summed E-state index contributed by atoms with van der Waals surface area (Å²) in [6.07, 6.45) is 5.73. The van der Waals surface area contributed by atoms with Crippen LogP contribution in [0.1, 0.15) is 34.3 Å². The Morgan fingerprint density at radius 2 is 2.12 bits per heavy atom. The van der Waals surface area contributed by atoms with Gasteiger partial charge < -0.3 is 10.1 Å². The van der Waals surface area contributed by atoms with E-state index in [1.807, 2.05) is 56.6 Å². The molecule has 1 aromatic heterocycles. The molecule has 3 rings (SSSR count). The van der Waals surface area contributed by atoms with Crippen LogP contribution in [-0.2, 0) is 11.3 Å². The molecular formula is C23H32N6O2S. The van der Waals surface area contributed by atoms with Crippen molar-refractivity contribution in [1.82, 2.24) is 20.7 Å². The van der Waals surface area contributed by atoms with Gasteiger partial charge in [0.2, 0.25) is 0 Å². The Balaban J connectivity index is 0.00000385. The van der Waals surface area contributed by atoms with Gasteiger partial charge in [-0.3, -0.25) is 20.2 Å². The molecule has 1 amide bonds. The number of aliphatic imine (C=N–C) groups is 2. The number of carbonyl (C=O) groups excluding carboxylic acids is 1. The molecule has 2 aromatic rings. The summed E-state index contributed by atoms with van der Waals surface area (Å²) < 4.78 is 5.74. The number of aryl methyl sites for hydroxylation is 1. The number of rotatable bonds is 9. The lowest BCUT2D eigenvalue weighted by molar-refractivity contribution is 0.0191. The Kier molecular flexibility index (Phi) is 8.66. The standard InChI is InChI=1S/C23H30N6O2S.H2/c1-16-10-11-25-12-19(16)13-26-22(30)20-17(2)27-23(32-20)21(24-3)28-29(4)15-31-14-18-8-6-5-7-9-18;/h5-12,16,19H,13-15H2,1-4H3,(H,24,28)(H,26,30);1H. The predicted octanol–water partition coefficient (Wildman–Crippen LogP) is 3.26. The highest BCUT2D eigenvalue weighted by molar-refractivity contribution is 7.15. The van der Waals surface area contributed by atoms with E-state index in [1.165, 1.54) is 11.3 Å². The fourth-order valence-electron chi connectivity index (χ4n) is 3.14. The molecule has 8 nitrogen and oxygen atoms in total. The highest BCUT2D eigenvalue weighted by Gasteiger charge is 2.21. The molecular weight excluding hydrogens is 424 g/mol. The normalized spacial score (nSPS) is 18.2. The minimum absolute atomic E-state index is 0. The van der Waals surface area contributed by atoms with Crippen LogP contribution in [0, 0.1) is 18.8 Å². The molecule has 9 heteroatoms. The fraction of sp³-hybridized carbons (Fsp3) is 0.391. The second-order valence-electron chi connectivity index (χ2n) is 7.65. The maximum absolute atomic E-state index is 12.7. The van der Waals surface area contributed by atoms with E-state index in [2.05, 4.69) is 32.6 Å². The van der Waals surface area contributed by atoms with Gasteiger partial charge >= 0.3 is 0 Å². The van der Waals surface area contributed by atoms with Crippen molar-refractivity contribution in [3.8, 4) is 0 Å². The molecule has 2 atom stereocenters. The number of amidine groups is 1. The lowest BCUT2D eigenvalue weighted by Gasteiger charge is -2.19. The first-order valence-electron chi connectivity index (χ1n) is 10.5. The molecule has 0 spiro atoms. The quantitative estimate of drug-likeness (QED) is 0.262. The maximum atomic E-state index is 12.7. The third-order valence-electron chi connectivity index (χ3n) is 5.05. The smallest absolute Gasteiger partial charge is 0.263 e. The fourth-order valence-corrected chi connectivity index (χ4v) is 4.11. The zero-order valence-corrected chi connectivity index (χ0v) is 19.7. The Morgan fingerprint density at radius 1 is 1.34 bits per heavy atom. The molecule has 32 heavy (non-hydrogen) atoms. The number of aromatic nitrogens is 1. The van der Waals surface area contributed by atoms with Crippen molar-refractivity contribution in [3.05, 3.63) is 63.7 Å². The highest BCUT2D eigenvalue weighted by Crippen LogP contribution is 2.19. The van der Waals surface area contributed by atoms with E-state index in [9.17, 15) is 4.79 Å². The van der Waals surface area contributed by atoms with Crippen LogP contribution >= 0.6 is 11.3 Å². The first kappa shape index (κ1) is 23.8. The molecule has 0 fully saturated rings. The van der Waals surface area contributed by atoms with Gasteiger partial charge in [0.25, 0.3) is 5.91 Å². The average molecular weight is 457 g/mol. The monoisotopic (exact) mass is 456 g/mol. The minimum Gasteiger partial charge on any atom is -0.360 e. The first-order chi connectivity index (χ1) is 15.5. The zero-order chi connectivity index (χ0) is 22.9. The van der Waals surface area contributed by atoms with E-state index in [0.717, 1.165) is 5.56 Å². The largest absolute Gasteiger partial charge is 0.360 e. The Bertz CT molecular complexity index is 992. The van der Waals surface area contributed by atoms with Crippen LogP contribution in [0.15, 0.2) is 52.6 Å². The lowest BCUT2D eigenvalue weighted by atomic mass is 9.93. The van der Waals surface area contributed by atoms with Crippen molar-refractivity contribution >= 4 is 29.3 Å². The summed E-state index contributed by atoms with van der Waals surface area (Å²) in [7, 11) is 3.56. The Hall–Kier alpha value is -2.88. The molecule has 2 unspecified atom stereocenters. The third kappa shape index (κ3) is 6.56.